The van der Waals surface area contributed by atoms with Crippen molar-refractivity contribution in [3.8, 4) is 0 Å². The second kappa shape index (κ2) is 8.79. The monoisotopic (exact) mass is 387 g/mol. The van der Waals surface area contributed by atoms with Crippen LogP contribution in [-0.2, 0) is 4.74 Å². The third-order valence-electron chi connectivity index (χ3n) is 6.25. The van der Waals surface area contributed by atoms with Crippen molar-refractivity contribution in [2.24, 2.45) is 0 Å². The van der Waals surface area contributed by atoms with Gasteiger partial charge in [-0.1, -0.05) is 61.0 Å². The number of hydrogen-bond acceptors (Lipinski definition) is 3. The standard InChI is InChI=1S/C26H29NO2/c1-18(24-12-6-8-20-7-3-4-11-25(20)24)27-23-10-5-9-22(17-23)19-13-15-21(16-14-19)26(28)29-2/h3-4,6-8,11-16,18,22-23,27H,5,9-10,17H2,1-2H3/t18-,22?,23?/m1/s1. The molecule has 4 rings (SSSR count). The Hall–Kier alpha value is -2.65. The van der Waals surface area contributed by atoms with Crippen LogP contribution in [0, 0.1) is 0 Å². The number of fused-ring (bicyclic) bond motifs is 1. The van der Waals surface area contributed by atoms with Crippen LogP contribution >= 0.6 is 0 Å². The van der Waals surface area contributed by atoms with E-state index in [9.17, 15) is 4.79 Å². The average molecular weight is 388 g/mol. The number of benzene rings is 3. The lowest BCUT2D eigenvalue weighted by atomic mass is 9.81. The lowest BCUT2D eigenvalue weighted by Crippen LogP contribution is -2.35. The first-order valence-electron chi connectivity index (χ1n) is 10.6. The van der Waals surface area contributed by atoms with Crippen molar-refractivity contribution < 1.29 is 9.53 Å². The van der Waals surface area contributed by atoms with Crippen LogP contribution in [0.3, 0.4) is 0 Å². The van der Waals surface area contributed by atoms with Crippen LogP contribution in [0.2, 0.25) is 0 Å². The summed E-state index contributed by atoms with van der Waals surface area (Å²) < 4.78 is 4.81. The fourth-order valence-electron chi connectivity index (χ4n) is 4.72. The van der Waals surface area contributed by atoms with Crippen LogP contribution in [-0.4, -0.2) is 19.1 Å². The van der Waals surface area contributed by atoms with Crippen molar-refractivity contribution >= 4 is 16.7 Å². The van der Waals surface area contributed by atoms with Gasteiger partial charge in [-0.25, -0.2) is 4.79 Å². The Bertz CT molecular complexity index is 974. The number of esters is 1. The van der Waals surface area contributed by atoms with Gasteiger partial charge >= 0.3 is 5.97 Å². The molecule has 0 heterocycles. The van der Waals surface area contributed by atoms with Gasteiger partial charge in [0.2, 0.25) is 0 Å². The minimum atomic E-state index is -0.274. The highest BCUT2D eigenvalue weighted by Crippen LogP contribution is 2.34. The quantitative estimate of drug-likeness (QED) is 0.545. The summed E-state index contributed by atoms with van der Waals surface area (Å²) in [6, 6.07) is 24.0. The van der Waals surface area contributed by atoms with E-state index in [1.165, 1.54) is 48.3 Å². The molecule has 0 amide bonds. The Balaban J connectivity index is 1.45. The molecule has 1 saturated carbocycles. The van der Waals surface area contributed by atoms with E-state index in [-0.39, 0.29) is 5.97 Å². The molecule has 1 aliphatic rings. The van der Waals surface area contributed by atoms with E-state index in [0.717, 1.165) is 6.42 Å². The van der Waals surface area contributed by atoms with Crippen molar-refractivity contribution in [3.63, 3.8) is 0 Å². The number of hydrogen-bond donors (Lipinski definition) is 1. The molecule has 29 heavy (non-hydrogen) atoms. The van der Waals surface area contributed by atoms with E-state index in [2.05, 4.69) is 66.8 Å². The molecule has 0 saturated heterocycles. The Labute approximate surface area is 173 Å². The Morgan fingerprint density at radius 3 is 2.55 bits per heavy atom. The van der Waals surface area contributed by atoms with Gasteiger partial charge in [-0.2, -0.15) is 0 Å². The van der Waals surface area contributed by atoms with Gasteiger partial charge in [0.1, 0.15) is 0 Å². The van der Waals surface area contributed by atoms with Crippen molar-refractivity contribution in [1.29, 1.82) is 0 Å². The Morgan fingerprint density at radius 2 is 1.76 bits per heavy atom. The predicted molar refractivity (Wildman–Crippen MR) is 118 cm³/mol. The molecule has 0 aliphatic heterocycles. The first kappa shape index (κ1) is 19.7. The Morgan fingerprint density at radius 1 is 1.00 bits per heavy atom. The van der Waals surface area contributed by atoms with E-state index in [1.807, 2.05) is 12.1 Å². The van der Waals surface area contributed by atoms with Gasteiger partial charge < -0.3 is 10.1 Å². The van der Waals surface area contributed by atoms with Crippen LogP contribution < -0.4 is 5.32 Å². The first-order chi connectivity index (χ1) is 14.2. The summed E-state index contributed by atoms with van der Waals surface area (Å²) in [5.41, 5.74) is 3.31. The van der Waals surface area contributed by atoms with Crippen LogP contribution in [0.1, 0.15) is 66.1 Å². The van der Waals surface area contributed by atoms with Gasteiger partial charge in [-0.05, 0) is 66.1 Å². The van der Waals surface area contributed by atoms with Crippen LogP contribution in [0.4, 0.5) is 0 Å². The second-order valence-electron chi connectivity index (χ2n) is 8.13. The summed E-state index contributed by atoms with van der Waals surface area (Å²) in [6.45, 7) is 2.27. The highest BCUT2D eigenvalue weighted by molar-refractivity contribution is 5.89. The lowest BCUT2D eigenvalue weighted by molar-refractivity contribution is 0.0600. The maximum absolute atomic E-state index is 11.7. The van der Waals surface area contributed by atoms with Gasteiger partial charge in [0.25, 0.3) is 0 Å². The molecule has 3 atom stereocenters. The van der Waals surface area contributed by atoms with Gasteiger partial charge in [0.15, 0.2) is 0 Å². The lowest BCUT2D eigenvalue weighted by Gasteiger charge is -2.32. The molecule has 0 bridgehead atoms. The van der Waals surface area contributed by atoms with Gasteiger partial charge in [-0.15, -0.1) is 0 Å². The summed E-state index contributed by atoms with van der Waals surface area (Å²) in [6.07, 6.45) is 4.78. The third-order valence-corrected chi connectivity index (χ3v) is 6.25. The molecule has 3 aromatic rings. The molecule has 2 unspecified atom stereocenters. The summed E-state index contributed by atoms with van der Waals surface area (Å²) in [4.78, 5) is 11.7. The van der Waals surface area contributed by atoms with Crippen LogP contribution in [0.15, 0.2) is 66.7 Å². The summed E-state index contributed by atoms with van der Waals surface area (Å²) in [5.74, 6) is 0.260. The largest absolute Gasteiger partial charge is 0.465 e. The van der Waals surface area contributed by atoms with E-state index in [4.69, 9.17) is 4.74 Å². The van der Waals surface area contributed by atoms with E-state index >= 15 is 0 Å². The highest BCUT2D eigenvalue weighted by atomic mass is 16.5. The smallest absolute Gasteiger partial charge is 0.337 e. The average Bonchev–Trinajstić information content (AvgIpc) is 2.78. The number of methoxy groups -OCH3 is 1. The maximum atomic E-state index is 11.7. The zero-order valence-corrected chi connectivity index (χ0v) is 17.2. The predicted octanol–water partition coefficient (Wildman–Crippen LogP) is 6.00. The fourth-order valence-corrected chi connectivity index (χ4v) is 4.72. The van der Waals surface area contributed by atoms with Gasteiger partial charge in [-0.3, -0.25) is 0 Å². The molecule has 0 radical (unpaired) electrons. The normalized spacial score (nSPS) is 20.3. The zero-order valence-electron chi connectivity index (χ0n) is 17.2. The van der Waals surface area contributed by atoms with Crippen molar-refractivity contribution in [1.82, 2.24) is 5.32 Å². The summed E-state index contributed by atoms with van der Waals surface area (Å²) in [5, 5.41) is 6.52. The molecular formula is C26H29NO2. The molecule has 0 aromatic heterocycles. The van der Waals surface area contributed by atoms with E-state index < -0.39 is 0 Å². The number of rotatable bonds is 5. The molecule has 150 valence electrons. The van der Waals surface area contributed by atoms with Crippen LogP contribution in [0.5, 0.6) is 0 Å². The zero-order chi connectivity index (χ0) is 20.2. The molecule has 1 aliphatic carbocycles. The molecule has 3 heteroatoms. The number of carbonyl (C=O) groups is 1. The molecule has 1 fully saturated rings. The topological polar surface area (TPSA) is 38.3 Å². The van der Waals surface area contributed by atoms with Crippen molar-refractivity contribution in [3.05, 3.63) is 83.4 Å². The molecule has 3 aromatic carbocycles. The minimum absolute atomic E-state index is 0.274. The van der Waals surface area contributed by atoms with Crippen LogP contribution in [0.25, 0.3) is 10.8 Å². The SMILES string of the molecule is COC(=O)c1ccc(C2CCCC(N[C@H](C)c3cccc4ccccc34)C2)cc1. The highest BCUT2D eigenvalue weighted by Gasteiger charge is 2.25. The number of carbonyl (C=O) groups excluding carboxylic acids is 1. The number of ether oxygens (including phenoxy) is 1. The minimum Gasteiger partial charge on any atom is -0.465 e. The van der Waals surface area contributed by atoms with Crippen molar-refractivity contribution in [2.45, 2.75) is 50.6 Å². The van der Waals surface area contributed by atoms with E-state index in [0.29, 0.717) is 23.6 Å². The molecule has 1 N–H and O–H groups in total. The summed E-state index contributed by atoms with van der Waals surface area (Å²) in [7, 11) is 1.42. The Kier molecular flexibility index (Phi) is 5.96. The maximum Gasteiger partial charge on any atom is 0.337 e. The fraction of sp³-hybridized carbons (Fsp3) is 0.346. The first-order valence-corrected chi connectivity index (χ1v) is 10.6. The van der Waals surface area contributed by atoms with Gasteiger partial charge in [0.05, 0.1) is 12.7 Å². The van der Waals surface area contributed by atoms with Gasteiger partial charge in [0, 0.05) is 12.1 Å². The second-order valence-corrected chi connectivity index (χ2v) is 8.13. The molecular weight excluding hydrogens is 358 g/mol. The third kappa shape index (κ3) is 4.35. The van der Waals surface area contributed by atoms with Crippen molar-refractivity contribution in [2.75, 3.05) is 7.11 Å². The molecule has 0 spiro atoms. The number of nitrogens with one attached hydrogen (secondary N) is 1. The molecule has 3 nitrogen and oxygen atoms in total. The summed E-state index contributed by atoms with van der Waals surface area (Å²) >= 11 is 0. The van der Waals surface area contributed by atoms with E-state index in [1.54, 1.807) is 0 Å².